The molecule has 1 aliphatic heterocycles. The lowest BCUT2D eigenvalue weighted by atomic mass is 10.1. The Kier molecular flexibility index (Phi) is 10.4. The minimum atomic E-state index is -4.40. The standard InChI is InChI=1S/C32H34Cl2FN3O6S/c1-2-28(32(40)36-23-5-3-4-6-23)37(19-21-7-13-26(33)27(34)17-21)31(39)20-38(24-10-8-22(35)9-11-24)45(41,42)25-12-14-29-30(18-25)44-16-15-43-29/h7-14,17-18,23,28H,2-6,15-16,19-20H2,1H3,(H,36,40). The predicted octanol–water partition coefficient (Wildman–Crippen LogP) is 5.97. The first-order valence-corrected chi connectivity index (χ1v) is 17.0. The lowest BCUT2D eigenvalue weighted by Gasteiger charge is -2.34. The van der Waals surface area contributed by atoms with Gasteiger partial charge in [-0.05, 0) is 73.4 Å². The fourth-order valence-corrected chi connectivity index (χ4v) is 7.32. The van der Waals surface area contributed by atoms with E-state index in [2.05, 4.69) is 5.32 Å². The Balaban J connectivity index is 1.51. The molecule has 9 nitrogen and oxygen atoms in total. The molecule has 0 saturated heterocycles. The van der Waals surface area contributed by atoms with Crippen LogP contribution in [0.25, 0.3) is 0 Å². The van der Waals surface area contributed by atoms with E-state index in [0.29, 0.717) is 22.9 Å². The van der Waals surface area contributed by atoms with Gasteiger partial charge in [-0.15, -0.1) is 0 Å². The lowest BCUT2D eigenvalue weighted by molar-refractivity contribution is -0.140. The van der Waals surface area contributed by atoms with E-state index < -0.39 is 34.3 Å². The highest BCUT2D eigenvalue weighted by molar-refractivity contribution is 7.92. The van der Waals surface area contributed by atoms with E-state index in [-0.39, 0.29) is 52.9 Å². The number of ether oxygens (including phenoxy) is 2. The number of anilines is 1. The Hall–Kier alpha value is -3.54. The smallest absolute Gasteiger partial charge is 0.264 e. The molecule has 2 aliphatic rings. The summed E-state index contributed by atoms with van der Waals surface area (Å²) in [6, 6.07) is 13.0. The molecular weight excluding hydrogens is 644 g/mol. The molecule has 0 aromatic heterocycles. The summed E-state index contributed by atoms with van der Waals surface area (Å²) in [7, 11) is -4.40. The van der Waals surface area contributed by atoms with Crippen LogP contribution in [0.1, 0.15) is 44.6 Å². The van der Waals surface area contributed by atoms with Gasteiger partial charge in [-0.2, -0.15) is 0 Å². The molecule has 5 rings (SSSR count). The summed E-state index contributed by atoms with van der Waals surface area (Å²) in [4.78, 5) is 29.1. The summed E-state index contributed by atoms with van der Waals surface area (Å²) in [5.74, 6) is -0.876. The molecule has 2 amide bonds. The highest BCUT2D eigenvalue weighted by Crippen LogP contribution is 2.34. The monoisotopic (exact) mass is 677 g/mol. The van der Waals surface area contributed by atoms with Gasteiger partial charge in [0.2, 0.25) is 11.8 Å². The SMILES string of the molecule is CCC(C(=O)NC1CCCC1)N(Cc1ccc(Cl)c(Cl)c1)C(=O)CN(c1ccc(F)cc1)S(=O)(=O)c1ccc2c(c1)OCCO2. The number of carbonyl (C=O) groups is 2. The van der Waals surface area contributed by atoms with Gasteiger partial charge < -0.3 is 19.7 Å². The van der Waals surface area contributed by atoms with Crippen LogP contribution in [0.5, 0.6) is 11.5 Å². The van der Waals surface area contributed by atoms with Gasteiger partial charge in [-0.25, -0.2) is 12.8 Å². The molecule has 1 unspecified atom stereocenters. The summed E-state index contributed by atoms with van der Waals surface area (Å²) in [6.45, 7) is 1.67. The van der Waals surface area contributed by atoms with Crippen LogP contribution in [-0.2, 0) is 26.2 Å². The molecule has 3 aromatic rings. The van der Waals surface area contributed by atoms with Gasteiger partial charge in [0.05, 0.1) is 20.6 Å². The Morgan fingerprint density at radius 1 is 0.956 bits per heavy atom. The summed E-state index contributed by atoms with van der Waals surface area (Å²) >= 11 is 12.4. The molecule has 0 radical (unpaired) electrons. The number of carbonyl (C=O) groups excluding carboxylic acids is 2. The number of sulfonamides is 1. The molecule has 1 saturated carbocycles. The third-order valence-corrected chi connectivity index (χ3v) is 10.4. The summed E-state index contributed by atoms with van der Waals surface area (Å²) in [5.41, 5.74) is 0.672. The first-order chi connectivity index (χ1) is 21.6. The van der Waals surface area contributed by atoms with Gasteiger partial charge in [0.1, 0.15) is 31.6 Å². The molecule has 1 heterocycles. The Morgan fingerprint density at radius 3 is 2.31 bits per heavy atom. The van der Waals surface area contributed by atoms with Crippen molar-refractivity contribution in [1.29, 1.82) is 0 Å². The van der Waals surface area contributed by atoms with Crippen LogP contribution in [0.4, 0.5) is 10.1 Å². The number of hydrogen-bond acceptors (Lipinski definition) is 6. The molecule has 240 valence electrons. The number of nitrogens with one attached hydrogen (secondary N) is 1. The van der Waals surface area contributed by atoms with E-state index in [1.165, 1.54) is 35.2 Å². The van der Waals surface area contributed by atoms with Crippen LogP contribution < -0.4 is 19.1 Å². The fourth-order valence-electron chi connectivity index (χ4n) is 5.57. The average molecular weight is 679 g/mol. The van der Waals surface area contributed by atoms with Gasteiger partial charge in [-0.3, -0.25) is 13.9 Å². The molecular formula is C32H34Cl2FN3O6S. The maximum Gasteiger partial charge on any atom is 0.264 e. The maximum absolute atomic E-state index is 14.3. The molecule has 45 heavy (non-hydrogen) atoms. The zero-order chi connectivity index (χ0) is 32.1. The number of benzene rings is 3. The highest BCUT2D eigenvalue weighted by Gasteiger charge is 2.35. The van der Waals surface area contributed by atoms with Crippen LogP contribution in [-0.4, -0.2) is 57.0 Å². The summed E-state index contributed by atoms with van der Waals surface area (Å²) < 4.78 is 54.3. The van der Waals surface area contributed by atoms with Gasteiger partial charge in [0.25, 0.3) is 10.0 Å². The number of nitrogens with zero attached hydrogens (tertiary/aromatic N) is 2. The third kappa shape index (κ3) is 7.65. The highest BCUT2D eigenvalue weighted by atomic mass is 35.5. The number of fused-ring (bicyclic) bond motifs is 1. The van der Waals surface area contributed by atoms with Crippen molar-refractivity contribution in [1.82, 2.24) is 10.2 Å². The fraction of sp³-hybridized carbons (Fsp3) is 0.375. The number of halogens is 3. The van der Waals surface area contributed by atoms with Crippen LogP contribution in [0, 0.1) is 5.82 Å². The van der Waals surface area contributed by atoms with Crippen LogP contribution in [0.15, 0.2) is 65.6 Å². The van der Waals surface area contributed by atoms with Gasteiger partial charge in [-0.1, -0.05) is 49.0 Å². The van der Waals surface area contributed by atoms with Crippen molar-refractivity contribution in [2.24, 2.45) is 0 Å². The Morgan fingerprint density at radius 2 is 1.64 bits per heavy atom. The summed E-state index contributed by atoms with van der Waals surface area (Å²) in [5, 5.41) is 3.68. The first-order valence-electron chi connectivity index (χ1n) is 14.8. The second kappa shape index (κ2) is 14.3. The quantitative estimate of drug-likeness (QED) is 0.268. The third-order valence-electron chi connectivity index (χ3n) is 7.92. The van der Waals surface area contributed by atoms with Crippen molar-refractivity contribution in [2.45, 2.75) is 62.6 Å². The second-order valence-corrected chi connectivity index (χ2v) is 13.7. The largest absolute Gasteiger partial charge is 0.486 e. The van der Waals surface area contributed by atoms with Crippen molar-refractivity contribution >= 4 is 50.7 Å². The minimum absolute atomic E-state index is 0.0137. The van der Waals surface area contributed by atoms with Crippen LogP contribution in [0.2, 0.25) is 10.0 Å². The van der Waals surface area contributed by atoms with E-state index in [1.807, 2.05) is 0 Å². The number of hydrogen-bond donors (Lipinski definition) is 1. The molecule has 1 aliphatic carbocycles. The molecule has 0 spiro atoms. The molecule has 1 fully saturated rings. The zero-order valence-corrected chi connectivity index (χ0v) is 27.0. The molecule has 1 atom stereocenters. The predicted molar refractivity (Wildman–Crippen MR) is 170 cm³/mol. The van der Waals surface area contributed by atoms with E-state index in [1.54, 1.807) is 25.1 Å². The summed E-state index contributed by atoms with van der Waals surface area (Å²) in [6.07, 6.45) is 4.01. The molecule has 1 N–H and O–H groups in total. The van der Waals surface area contributed by atoms with Crippen LogP contribution in [0.3, 0.4) is 0 Å². The van der Waals surface area contributed by atoms with E-state index >= 15 is 0 Å². The number of rotatable bonds is 11. The normalized spacial score (nSPS) is 15.4. The van der Waals surface area contributed by atoms with Crippen LogP contribution >= 0.6 is 23.2 Å². The van der Waals surface area contributed by atoms with Crippen molar-refractivity contribution in [3.8, 4) is 11.5 Å². The van der Waals surface area contributed by atoms with E-state index in [4.69, 9.17) is 32.7 Å². The van der Waals surface area contributed by atoms with Crippen molar-refractivity contribution < 1.29 is 31.9 Å². The topological polar surface area (TPSA) is 105 Å². The van der Waals surface area contributed by atoms with Crippen molar-refractivity contribution in [3.63, 3.8) is 0 Å². The molecule has 3 aromatic carbocycles. The van der Waals surface area contributed by atoms with E-state index in [9.17, 15) is 22.4 Å². The van der Waals surface area contributed by atoms with Gasteiger partial charge >= 0.3 is 0 Å². The first kappa shape index (κ1) is 32.8. The Bertz CT molecular complexity index is 1650. The number of amides is 2. The van der Waals surface area contributed by atoms with Gasteiger partial charge in [0, 0.05) is 18.7 Å². The molecule has 13 heteroatoms. The van der Waals surface area contributed by atoms with Crippen molar-refractivity contribution in [2.75, 3.05) is 24.1 Å². The minimum Gasteiger partial charge on any atom is -0.486 e. The van der Waals surface area contributed by atoms with E-state index in [0.717, 1.165) is 42.1 Å². The lowest BCUT2D eigenvalue weighted by Crippen LogP contribution is -2.53. The molecule has 0 bridgehead atoms. The Labute approximate surface area is 272 Å². The second-order valence-electron chi connectivity index (χ2n) is 11.0. The maximum atomic E-state index is 14.3. The van der Waals surface area contributed by atoms with Gasteiger partial charge in [0.15, 0.2) is 11.5 Å². The van der Waals surface area contributed by atoms with Crippen molar-refractivity contribution in [3.05, 3.63) is 82.1 Å². The zero-order valence-electron chi connectivity index (χ0n) is 24.7. The average Bonchev–Trinajstić information content (AvgIpc) is 3.54.